The summed E-state index contributed by atoms with van der Waals surface area (Å²) in [4.78, 5) is 15.0. The summed E-state index contributed by atoms with van der Waals surface area (Å²) in [5.41, 5.74) is 2.39. The molecular weight excluding hydrogens is 433 g/mol. The van der Waals surface area contributed by atoms with Crippen molar-refractivity contribution in [3.05, 3.63) is 71.7 Å². The van der Waals surface area contributed by atoms with E-state index in [-0.39, 0.29) is 23.7 Å². The Morgan fingerprint density at radius 2 is 1.94 bits per heavy atom. The van der Waals surface area contributed by atoms with Crippen LogP contribution in [0.15, 0.2) is 54.6 Å². The molecule has 0 saturated carbocycles. The van der Waals surface area contributed by atoms with E-state index in [2.05, 4.69) is 0 Å². The Labute approximate surface area is 200 Å². The molecule has 0 bridgehead atoms. The van der Waals surface area contributed by atoms with Gasteiger partial charge in [0.1, 0.15) is 0 Å². The second kappa shape index (κ2) is 10.8. The molecule has 0 unspecified atom stereocenters. The zero-order valence-corrected chi connectivity index (χ0v) is 20.0. The van der Waals surface area contributed by atoms with Crippen molar-refractivity contribution >= 4 is 5.91 Å². The number of aromatic nitrogens is 2. The Hall–Kier alpha value is -3.19. The number of hydrogen-bond acceptors (Lipinski definition) is 4. The lowest BCUT2D eigenvalue weighted by atomic mass is 10.1. The van der Waals surface area contributed by atoms with E-state index >= 15 is 0 Å². The molecule has 1 saturated heterocycles. The van der Waals surface area contributed by atoms with Gasteiger partial charge in [-0.3, -0.25) is 4.79 Å². The SMILES string of the molecule is CCc1nn(-c2ccccc2)c(Oc2ccccc2F)c1CN(C[C@H]1CCCO1)C(=O)C(C)C. The minimum Gasteiger partial charge on any atom is -0.435 e. The van der Waals surface area contributed by atoms with Crippen molar-refractivity contribution < 1.29 is 18.7 Å². The second-order valence-corrected chi connectivity index (χ2v) is 8.87. The molecule has 4 rings (SSSR count). The van der Waals surface area contributed by atoms with Crippen molar-refractivity contribution in [2.75, 3.05) is 13.2 Å². The Morgan fingerprint density at radius 1 is 1.21 bits per heavy atom. The fourth-order valence-electron chi connectivity index (χ4n) is 4.22. The molecule has 0 aliphatic carbocycles. The molecule has 1 aliphatic heterocycles. The highest BCUT2D eigenvalue weighted by Gasteiger charge is 2.29. The second-order valence-electron chi connectivity index (χ2n) is 8.87. The van der Waals surface area contributed by atoms with Crippen molar-refractivity contribution in [1.82, 2.24) is 14.7 Å². The minimum absolute atomic E-state index is 0.0212. The fourth-order valence-corrected chi connectivity index (χ4v) is 4.22. The summed E-state index contributed by atoms with van der Waals surface area (Å²) >= 11 is 0. The molecule has 6 nitrogen and oxygen atoms in total. The molecule has 0 spiro atoms. The third-order valence-corrected chi connectivity index (χ3v) is 6.00. The summed E-state index contributed by atoms with van der Waals surface area (Å²) in [6, 6.07) is 15.9. The first-order chi connectivity index (χ1) is 16.5. The molecule has 0 radical (unpaired) electrons. The van der Waals surface area contributed by atoms with Crippen LogP contribution in [0.2, 0.25) is 0 Å². The van der Waals surface area contributed by atoms with Crippen LogP contribution >= 0.6 is 0 Å². The van der Waals surface area contributed by atoms with E-state index in [1.807, 2.05) is 56.0 Å². The van der Waals surface area contributed by atoms with Crippen LogP contribution in [0.3, 0.4) is 0 Å². The number of carbonyl (C=O) groups is 1. The Balaban J connectivity index is 1.78. The molecule has 0 N–H and O–H groups in total. The van der Waals surface area contributed by atoms with Crippen LogP contribution in [0.5, 0.6) is 11.6 Å². The lowest BCUT2D eigenvalue weighted by Gasteiger charge is -2.27. The number of carbonyl (C=O) groups excluding carboxylic acids is 1. The normalized spacial score (nSPS) is 15.6. The molecule has 1 atom stereocenters. The van der Waals surface area contributed by atoms with Crippen molar-refractivity contribution in [2.45, 2.75) is 52.7 Å². The van der Waals surface area contributed by atoms with E-state index in [4.69, 9.17) is 14.6 Å². The number of halogens is 1. The summed E-state index contributed by atoms with van der Waals surface area (Å²) in [7, 11) is 0. The van der Waals surface area contributed by atoms with Crippen LogP contribution in [0, 0.1) is 11.7 Å². The number of aryl methyl sites for hydroxylation is 1. The summed E-state index contributed by atoms with van der Waals surface area (Å²) in [5.74, 6) is -0.0402. The number of nitrogens with zero attached hydrogens (tertiary/aromatic N) is 3. The smallest absolute Gasteiger partial charge is 0.228 e. The molecule has 34 heavy (non-hydrogen) atoms. The van der Waals surface area contributed by atoms with Crippen LogP contribution in [-0.2, 0) is 22.5 Å². The summed E-state index contributed by atoms with van der Waals surface area (Å²) in [6.07, 6.45) is 2.60. The molecular formula is C27H32FN3O3. The molecule has 2 aromatic carbocycles. The van der Waals surface area contributed by atoms with Gasteiger partial charge in [-0.15, -0.1) is 0 Å². The number of amides is 1. The first-order valence-electron chi connectivity index (χ1n) is 12.0. The van der Waals surface area contributed by atoms with Gasteiger partial charge in [0, 0.05) is 19.1 Å². The van der Waals surface area contributed by atoms with Crippen LogP contribution < -0.4 is 4.74 Å². The van der Waals surface area contributed by atoms with E-state index in [9.17, 15) is 9.18 Å². The van der Waals surface area contributed by atoms with Crippen LogP contribution in [0.1, 0.15) is 44.9 Å². The predicted octanol–water partition coefficient (Wildman–Crippen LogP) is 5.53. The highest BCUT2D eigenvalue weighted by molar-refractivity contribution is 5.78. The van der Waals surface area contributed by atoms with Crippen molar-refractivity contribution in [3.63, 3.8) is 0 Å². The minimum atomic E-state index is -0.457. The maximum Gasteiger partial charge on any atom is 0.228 e. The molecule has 1 amide bonds. The summed E-state index contributed by atoms with van der Waals surface area (Å²) in [5, 5.41) is 4.81. The fraction of sp³-hybridized carbons (Fsp3) is 0.407. The third kappa shape index (κ3) is 5.30. The molecule has 1 aliphatic rings. The molecule has 7 heteroatoms. The van der Waals surface area contributed by atoms with E-state index in [0.29, 0.717) is 25.4 Å². The van der Waals surface area contributed by atoms with Crippen molar-refractivity contribution in [3.8, 4) is 17.3 Å². The monoisotopic (exact) mass is 465 g/mol. The Bertz CT molecular complexity index is 1110. The van der Waals surface area contributed by atoms with Gasteiger partial charge in [-0.05, 0) is 43.5 Å². The highest BCUT2D eigenvalue weighted by Crippen LogP contribution is 2.33. The quantitative estimate of drug-likeness (QED) is 0.417. The number of para-hydroxylation sites is 2. The van der Waals surface area contributed by atoms with Gasteiger partial charge < -0.3 is 14.4 Å². The lowest BCUT2D eigenvalue weighted by Crippen LogP contribution is -2.39. The molecule has 3 aromatic rings. The average molecular weight is 466 g/mol. The van der Waals surface area contributed by atoms with Crippen molar-refractivity contribution in [2.24, 2.45) is 5.92 Å². The largest absolute Gasteiger partial charge is 0.435 e. The number of ether oxygens (including phenoxy) is 2. The van der Waals surface area contributed by atoms with Crippen molar-refractivity contribution in [1.29, 1.82) is 0 Å². The number of hydrogen-bond donors (Lipinski definition) is 0. The van der Waals surface area contributed by atoms with E-state index in [1.54, 1.807) is 22.9 Å². The van der Waals surface area contributed by atoms with Crippen LogP contribution in [-0.4, -0.2) is 39.8 Å². The highest BCUT2D eigenvalue weighted by atomic mass is 19.1. The molecule has 180 valence electrons. The maximum absolute atomic E-state index is 14.6. The van der Waals surface area contributed by atoms with Gasteiger partial charge in [-0.2, -0.15) is 5.10 Å². The van der Waals surface area contributed by atoms with Gasteiger partial charge in [-0.1, -0.05) is 51.1 Å². The topological polar surface area (TPSA) is 56.6 Å². The summed E-state index contributed by atoms with van der Waals surface area (Å²) in [6.45, 7) is 7.36. The molecule has 1 aromatic heterocycles. The van der Waals surface area contributed by atoms with Gasteiger partial charge in [0.2, 0.25) is 11.8 Å². The average Bonchev–Trinajstić information content (AvgIpc) is 3.48. The first kappa shape index (κ1) is 24.0. The van der Waals surface area contributed by atoms with Gasteiger partial charge in [0.25, 0.3) is 0 Å². The van der Waals surface area contributed by atoms with Gasteiger partial charge in [0.05, 0.1) is 29.6 Å². The van der Waals surface area contributed by atoms with Crippen LogP contribution in [0.25, 0.3) is 5.69 Å². The lowest BCUT2D eigenvalue weighted by molar-refractivity contribution is -0.136. The standard InChI is InChI=1S/C27H32FN3O3/c1-4-24-22(18-30(26(32)19(2)3)17-21-13-10-16-33-21)27(34-25-15-9-8-14-23(25)28)31(29-24)20-11-6-5-7-12-20/h5-9,11-12,14-15,19,21H,4,10,13,16-18H2,1-3H3/t21-/m1/s1. The summed E-state index contributed by atoms with van der Waals surface area (Å²) < 4.78 is 28.3. The number of rotatable bonds is 9. The molecule has 2 heterocycles. The Kier molecular flexibility index (Phi) is 7.63. The maximum atomic E-state index is 14.6. The number of benzene rings is 2. The van der Waals surface area contributed by atoms with Gasteiger partial charge in [0.15, 0.2) is 11.6 Å². The van der Waals surface area contributed by atoms with Gasteiger partial charge >= 0.3 is 0 Å². The van der Waals surface area contributed by atoms with Crippen LogP contribution in [0.4, 0.5) is 4.39 Å². The zero-order chi connectivity index (χ0) is 24.1. The van der Waals surface area contributed by atoms with Gasteiger partial charge in [-0.25, -0.2) is 9.07 Å². The zero-order valence-electron chi connectivity index (χ0n) is 20.0. The Morgan fingerprint density at radius 3 is 2.59 bits per heavy atom. The predicted molar refractivity (Wildman–Crippen MR) is 129 cm³/mol. The van der Waals surface area contributed by atoms with E-state index in [1.165, 1.54) is 6.07 Å². The first-order valence-corrected chi connectivity index (χ1v) is 12.0. The van der Waals surface area contributed by atoms with E-state index in [0.717, 1.165) is 36.4 Å². The molecule has 1 fully saturated rings. The third-order valence-electron chi connectivity index (χ3n) is 6.00. The van der Waals surface area contributed by atoms with E-state index < -0.39 is 5.82 Å².